The first-order chi connectivity index (χ1) is 16.4. The van der Waals surface area contributed by atoms with Gasteiger partial charge in [-0.1, -0.05) is 30.3 Å². The van der Waals surface area contributed by atoms with E-state index in [0.717, 1.165) is 5.56 Å². The van der Waals surface area contributed by atoms with Crippen molar-refractivity contribution in [2.24, 2.45) is 10.7 Å². The minimum Gasteiger partial charge on any atom is -0.404 e. The zero-order valence-electron chi connectivity index (χ0n) is 18.0. The van der Waals surface area contributed by atoms with E-state index >= 15 is 0 Å². The summed E-state index contributed by atoms with van der Waals surface area (Å²) in [5.41, 5.74) is 10.4. The third kappa shape index (κ3) is 4.74. The van der Waals surface area contributed by atoms with Gasteiger partial charge >= 0.3 is 0 Å². The van der Waals surface area contributed by atoms with Crippen LogP contribution < -0.4 is 10.5 Å². The molecule has 10 heteroatoms. The van der Waals surface area contributed by atoms with Crippen molar-refractivity contribution in [3.63, 3.8) is 0 Å². The van der Waals surface area contributed by atoms with Crippen molar-refractivity contribution in [2.75, 3.05) is 11.8 Å². The van der Waals surface area contributed by atoms with Gasteiger partial charge < -0.3 is 5.73 Å². The number of benzene rings is 2. The van der Waals surface area contributed by atoms with Gasteiger partial charge in [0.2, 0.25) is 0 Å². The molecule has 2 aromatic carbocycles. The lowest BCUT2D eigenvalue weighted by Gasteiger charge is -2.10. The van der Waals surface area contributed by atoms with E-state index in [-0.39, 0.29) is 4.90 Å². The van der Waals surface area contributed by atoms with E-state index in [2.05, 4.69) is 29.5 Å². The molecular formula is C24H19N7O2S. The quantitative estimate of drug-likeness (QED) is 0.324. The third-order valence-corrected chi connectivity index (χ3v) is 6.28. The average molecular weight is 470 g/mol. The molecule has 0 aliphatic carbocycles. The molecule has 0 unspecified atom stereocenters. The summed E-state index contributed by atoms with van der Waals surface area (Å²) in [5, 5.41) is 0. The number of anilines is 1. The number of aromatic nitrogens is 3. The van der Waals surface area contributed by atoms with Gasteiger partial charge in [-0.05, 0) is 23.8 Å². The number of hydrogen-bond acceptors (Lipinski definition) is 7. The van der Waals surface area contributed by atoms with Crippen LogP contribution in [0.4, 0.5) is 11.4 Å². The SMILES string of the molecule is [C-]#[N+]c1ccc(S(=O)(=O)Nc2cncc(-c3ccc4ncc(C(C=NC)=CN)nc4c3)c2)cc1. The first kappa shape index (κ1) is 22.6. The van der Waals surface area contributed by atoms with E-state index in [1.165, 1.54) is 36.7 Å². The van der Waals surface area contributed by atoms with Crippen LogP contribution >= 0.6 is 0 Å². The number of pyridine rings is 1. The zero-order chi connectivity index (χ0) is 24.1. The van der Waals surface area contributed by atoms with Crippen LogP contribution in [-0.4, -0.2) is 36.6 Å². The smallest absolute Gasteiger partial charge is 0.261 e. The second-order valence-corrected chi connectivity index (χ2v) is 8.82. The molecule has 0 aliphatic heterocycles. The van der Waals surface area contributed by atoms with Gasteiger partial charge in [0, 0.05) is 36.8 Å². The summed E-state index contributed by atoms with van der Waals surface area (Å²) in [7, 11) is -2.20. The molecule has 9 nitrogen and oxygen atoms in total. The van der Waals surface area contributed by atoms with Crippen LogP contribution in [0.25, 0.3) is 32.6 Å². The molecule has 0 bridgehead atoms. The Labute approximate surface area is 196 Å². The molecule has 0 radical (unpaired) electrons. The van der Waals surface area contributed by atoms with Crippen molar-refractivity contribution in [2.45, 2.75) is 4.90 Å². The molecule has 168 valence electrons. The van der Waals surface area contributed by atoms with E-state index in [0.29, 0.717) is 39.2 Å². The number of hydrogen-bond donors (Lipinski definition) is 2. The van der Waals surface area contributed by atoms with Crippen molar-refractivity contribution in [3.8, 4) is 11.1 Å². The Hall–Kier alpha value is -4.62. The van der Waals surface area contributed by atoms with Gasteiger partial charge in [0.05, 0.1) is 46.3 Å². The molecule has 4 aromatic rings. The maximum Gasteiger partial charge on any atom is 0.261 e. The average Bonchev–Trinajstić information content (AvgIpc) is 2.86. The lowest BCUT2D eigenvalue weighted by atomic mass is 10.1. The summed E-state index contributed by atoms with van der Waals surface area (Å²) in [4.78, 5) is 20.6. The predicted octanol–water partition coefficient (Wildman–Crippen LogP) is 4.04. The van der Waals surface area contributed by atoms with E-state index in [4.69, 9.17) is 12.3 Å². The van der Waals surface area contributed by atoms with Gasteiger partial charge in [0.25, 0.3) is 10.0 Å². The largest absolute Gasteiger partial charge is 0.404 e. The van der Waals surface area contributed by atoms with Gasteiger partial charge in [-0.15, -0.1) is 0 Å². The van der Waals surface area contributed by atoms with Crippen LogP contribution in [0.3, 0.4) is 0 Å². The standard InChI is InChI=1S/C24H19N7O2S/c1-26-12-18(11-25)24-15-29-22-8-3-16(10-23(22)30-24)17-9-20(14-28-13-17)31-34(32,33)21-6-4-19(27-2)5-7-21/h3-15,31H,25H2,1H3. The molecule has 3 N–H and O–H groups in total. The molecule has 2 aromatic heterocycles. The summed E-state index contributed by atoms with van der Waals surface area (Å²) in [6, 6.07) is 12.9. The summed E-state index contributed by atoms with van der Waals surface area (Å²) in [6.07, 6.45) is 7.71. The second-order valence-electron chi connectivity index (χ2n) is 7.14. The van der Waals surface area contributed by atoms with Crippen LogP contribution in [0.2, 0.25) is 0 Å². The Morgan fingerprint density at radius 3 is 2.56 bits per heavy atom. The van der Waals surface area contributed by atoms with E-state index in [1.54, 1.807) is 31.7 Å². The lowest BCUT2D eigenvalue weighted by molar-refractivity contribution is 0.601. The third-order valence-electron chi connectivity index (χ3n) is 4.89. The fourth-order valence-electron chi connectivity index (χ4n) is 3.23. The Kier molecular flexibility index (Phi) is 6.29. The highest BCUT2D eigenvalue weighted by Crippen LogP contribution is 2.26. The van der Waals surface area contributed by atoms with Crippen LogP contribution in [0.5, 0.6) is 0 Å². The van der Waals surface area contributed by atoms with Gasteiger partial charge in [-0.2, -0.15) is 0 Å². The summed E-state index contributed by atoms with van der Waals surface area (Å²) >= 11 is 0. The normalized spacial score (nSPS) is 12.1. The number of nitrogens with one attached hydrogen (secondary N) is 1. The zero-order valence-corrected chi connectivity index (χ0v) is 18.9. The number of nitrogens with zero attached hydrogens (tertiary/aromatic N) is 5. The van der Waals surface area contributed by atoms with Gasteiger partial charge in [-0.25, -0.2) is 18.2 Å². The first-order valence-corrected chi connectivity index (χ1v) is 11.5. The predicted molar refractivity (Wildman–Crippen MR) is 133 cm³/mol. The Balaban J connectivity index is 1.66. The van der Waals surface area contributed by atoms with Gasteiger partial charge in [-0.3, -0.25) is 19.7 Å². The molecular weight excluding hydrogens is 450 g/mol. The van der Waals surface area contributed by atoms with Crippen molar-refractivity contribution in [1.82, 2.24) is 15.0 Å². The highest BCUT2D eigenvalue weighted by molar-refractivity contribution is 7.92. The monoisotopic (exact) mass is 469 g/mol. The second kappa shape index (κ2) is 9.48. The maximum atomic E-state index is 12.7. The first-order valence-electron chi connectivity index (χ1n) is 10.0. The molecule has 0 fully saturated rings. The maximum absolute atomic E-state index is 12.7. The van der Waals surface area contributed by atoms with Crippen molar-refractivity contribution < 1.29 is 8.42 Å². The molecule has 4 rings (SSSR count). The molecule has 0 atom stereocenters. The molecule has 0 spiro atoms. The van der Waals surface area contributed by atoms with Crippen LogP contribution in [-0.2, 0) is 10.0 Å². The number of allylic oxidation sites excluding steroid dienone is 1. The summed E-state index contributed by atoms with van der Waals surface area (Å²) < 4.78 is 28.0. The van der Waals surface area contributed by atoms with E-state index in [9.17, 15) is 8.42 Å². The molecule has 0 saturated carbocycles. The van der Waals surface area contributed by atoms with Crippen LogP contribution in [0.1, 0.15) is 5.69 Å². The Morgan fingerprint density at radius 2 is 1.85 bits per heavy atom. The van der Waals surface area contributed by atoms with Crippen molar-refractivity contribution >= 4 is 44.2 Å². The molecule has 0 aliphatic rings. The van der Waals surface area contributed by atoms with E-state index < -0.39 is 10.0 Å². The Bertz CT molecular complexity index is 1570. The topological polar surface area (TPSA) is 128 Å². The Morgan fingerprint density at radius 1 is 1.06 bits per heavy atom. The van der Waals surface area contributed by atoms with Crippen molar-refractivity contribution in [3.05, 3.63) is 90.4 Å². The van der Waals surface area contributed by atoms with Gasteiger partial charge in [0.15, 0.2) is 5.69 Å². The highest BCUT2D eigenvalue weighted by atomic mass is 32.2. The fraction of sp³-hybridized carbons (Fsp3) is 0.0417. The molecule has 0 amide bonds. The summed E-state index contributed by atoms with van der Waals surface area (Å²) in [6.45, 7) is 7.00. The fourth-order valence-corrected chi connectivity index (χ4v) is 4.27. The summed E-state index contributed by atoms with van der Waals surface area (Å²) in [5.74, 6) is 0. The number of aliphatic imine (C=N–C) groups is 1. The number of nitrogens with two attached hydrogens (primary N) is 1. The van der Waals surface area contributed by atoms with Gasteiger partial charge in [0.1, 0.15) is 0 Å². The minimum absolute atomic E-state index is 0.0539. The van der Waals surface area contributed by atoms with Crippen LogP contribution in [0.15, 0.2) is 83.2 Å². The molecule has 2 heterocycles. The lowest BCUT2D eigenvalue weighted by Crippen LogP contribution is -2.13. The van der Waals surface area contributed by atoms with E-state index in [1.807, 2.05) is 18.2 Å². The molecule has 34 heavy (non-hydrogen) atoms. The highest BCUT2D eigenvalue weighted by Gasteiger charge is 2.15. The van der Waals surface area contributed by atoms with Crippen molar-refractivity contribution in [1.29, 1.82) is 0 Å². The molecule has 0 saturated heterocycles. The minimum atomic E-state index is -3.84. The number of rotatable bonds is 6. The number of fused-ring (bicyclic) bond motifs is 1. The van der Waals surface area contributed by atoms with Crippen LogP contribution in [0, 0.1) is 6.57 Å². The number of sulfonamides is 1.